The summed E-state index contributed by atoms with van der Waals surface area (Å²) < 4.78 is 43.8. The van der Waals surface area contributed by atoms with Crippen LogP contribution < -0.4 is 19.5 Å². The standard InChI is InChI=1S/C19H22N2O6S/c1-13(22)20-16-9-8-15(10-19(16)25-3)28(23,24)21(2)11-14-12-26-17-6-4-5-7-18(17)27-14/h4-10,14H,11-12H2,1-3H3,(H,20,22)/t14-/m1/s1. The van der Waals surface area contributed by atoms with Gasteiger partial charge in [0, 0.05) is 20.0 Å². The smallest absolute Gasteiger partial charge is 0.243 e. The van der Waals surface area contributed by atoms with E-state index in [2.05, 4.69) is 5.32 Å². The number of hydrogen-bond acceptors (Lipinski definition) is 6. The number of fused-ring (bicyclic) bond motifs is 1. The Morgan fingerprint density at radius 2 is 1.96 bits per heavy atom. The zero-order chi connectivity index (χ0) is 20.3. The summed E-state index contributed by atoms with van der Waals surface area (Å²) in [4.78, 5) is 11.3. The van der Waals surface area contributed by atoms with Gasteiger partial charge in [-0.25, -0.2) is 8.42 Å². The van der Waals surface area contributed by atoms with Crippen LogP contribution in [0.5, 0.6) is 17.2 Å². The predicted octanol–water partition coefficient (Wildman–Crippen LogP) is 2.11. The van der Waals surface area contributed by atoms with Gasteiger partial charge < -0.3 is 19.5 Å². The fourth-order valence-corrected chi connectivity index (χ4v) is 4.06. The van der Waals surface area contributed by atoms with Crippen molar-refractivity contribution in [3.05, 3.63) is 42.5 Å². The van der Waals surface area contributed by atoms with E-state index in [4.69, 9.17) is 14.2 Å². The van der Waals surface area contributed by atoms with Crippen molar-refractivity contribution >= 4 is 21.6 Å². The molecule has 1 aliphatic heterocycles. The normalized spacial score (nSPS) is 15.9. The van der Waals surface area contributed by atoms with Gasteiger partial charge in [0.2, 0.25) is 15.9 Å². The highest BCUT2D eigenvalue weighted by Gasteiger charge is 2.28. The molecule has 2 aromatic rings. The van der Waals surface area contributed by atoms with Crippen molar-refractivity contribution in [1.82, 2.24) is 4.31 Å². The van der Waals surface area contributed by atoms with E-state index in [0.717, 1.165) is 0 Å². The first-order valence-electron chi connectivity index (χ1n) is 8.61. The van der Waals surface area contributed by atoms with E-state index in [1.807, 2.05) is 12.1 Å². The lowest BCUT2D eigenvalue weighted by Gasteiger charge is -2.29. The minimum Gasteiger partial charge on any atom is -0.495 e. The molecular formula is C19H22N2O6S. The van der Waals surface area contributed by atoms with Gasteiger partial charge in [-0.3, -0.25) is 4.79 Å². The van der Waals surface area contributed by atoms with E-state index >= 15 is 0 Å². The van der Waals surface area contributed by atoms with Crippen molar-refractivity contribution < 1.29 is 27.4 Å². The Morgan fingerprint density at radius 1 is 1.25 bits per heavy atom. The number of sulfonamides is 1. The van der Waals surface area contributed by atoms with Gasteiger partial charge in [0.05, 0.1) is 24.2 Å². The van der Waals surface area contributed by atoms with E-state index in [9.17, 15) is 13.2 Å². The molecule has 1 amide bonds. The number of likely N-dealkylation sites (N-methyl/N-ethyl adjacent to an activating group) is 1. The monoisotopic (exact) mass is 406 g/mol. The van der Waals surface area contributed by atoms with E-state index < -0.39 is 16.1 Å². The Balaban J connectivity index is 1.76. The van der Waals surface area contributed by atoms with Crippen LogP contribution in [0.2, 0.25) is 0 Å². The molecule has 1 N–H and O–H groups in total. The fourth-order valence-electron chi connectivity index (χ4n) is 2.84. The highest BCUT2D eigenvalue weighted by Crippen LogP contribution is 2.32. The van der Waals surface area contributed by atoms with Crippen LogP contribution in [-0.2, 0) is 14.8 Å². The summed E-state index contributed by atoms with van der Waals surface area (Å²) in [7, 11) is -0.901. The molecular weight excluding hydrogens is 384 g/mol. The molecule has 3 rings (SSSR count). The van der Waals surface area contributed by atoms with Crippen molar-refractivity contribution in [1.29, 1.82) is 0 Å². The summed E-state index contributed by atoms with van der Waals surface area (Å²) >= 11 is 0. The molecule has 1 atom stereocenters. The van der Waals surface area contributed by atoms with Crippen LogP contribution >= 0.6 is 0 Å². The van der Waals surface area contributed by atoms with E-state index in [1.165, 1.54) is 43.6 Å². The average molecular weight is 406 g/mol. The summed E-state index contributed by atoms with van der Waals surface area (Å²) in [6.45, 7) is 1.73. The van der Waals surface area contributed by atoms with Crippen LogP contribution in [0.4, 0.5) is 5.69 Å². The maximum Gasteiger partial charge on any atom is 0.243 e. The predicted molar refractivity (Wildman–Crippen MR) is 103 cm³/mol. The Bertz CT molecular complexity index is 976. The quantitative estimate of drug-likeness (QED) is 0.790. The topological polar surface area (TPSA) is 94.2 Å². The van der Waals surface area contributed by atoms with Crippen molar-refractivity contribution in [2.75, 3.05) is 32.6 Å². The number of carbonyl (C=O) groups is 1. The van der Waals surface area contributed by atoms with Crippen LogP contribution in [0.15, 0.2) is 47.4 Å². The summed E-state index contributed by atoms with van der Waals surface area (Å²) in [5, 5.41) is 2.60. The van der Waals surface area contributed by atoms with Crippen LogP contribution in [0.3, 0.4) is 0 Å². The molecule has 9 heteroatoms. The molecule has 0 saturated carbocycles. The minimum absolute atomic E-state index is 0.0538. The van der Waals surface area contributed by atoms with Gasteiger partial charge in [0.15, 0.2) is 11.5 Å². The number of methoxy groups -OCH3 is 1. The molecule has 0 aromatic heterocycles. The average Bonchev–Trinajstić information content (AvgIpc) is 2.67. The molecule has 8 nitrogen and oxygen atoms in total. The lowest BCUT2D eigenvalue weighted by atomic mass is 10.2. The Hall–Kier alpha value is -2.78. The Labute approximate surface area is 164 Å². The zero-order valence-electron chi connectivity index (χ0n) is 15.8. The highest BCUT2D eigenvalue weighted by atomic mass is 32.2. The molecule has 0 aliphatic carbocycles. The molecule has 150 valence electrons. The minimum atomic E-state index is -3.79. The number of carbonyl (C=O) groups excluding carboxylic acids is 1. The first-order valence-corrected chi connectivity index (χ1v) is 10.1. The van der Waals surface area contributed by atoms with Gasteiger partial charge >= 0.3 is 0 Å². The number of para-hydroxylation sites is 2. The van der Waals surface area contributed by atoms with Crippen LogP contribution in [0, 0.1) is 0 Å². The first-order chi connectivity index (χ1) is 13.3. The van der Waals surface area contributed by atoms with Gasteiger partial charge in [-0.2, -0.15) is 4.31 Å². The zero-order valence-corrected chi connectivity index (χ0v) is 16.7. The molecule has 28 heavy (non-hydrogen) atoms. The molecule has 0 bridgehead atoms. The van der Waals surface area contributed by atoms with E-state index in [0.29, 0.717) is 17.2 Å². The molecule has 1 aliphatic rings. The van der Waals surface area contributed by atoms with Crippen molar-refractivity contribution in [3.63, 3.8) is 0 Å². The van der Waals surface area contributed by atoms with Crippen LogP contribution in [0.1, 0.15) is 6.92 Å². The number of ether oxygens (including phenoxy) is 3. The molecule has 0 fully saturated rings. The SMILES string of the molecule is COc1cc(S(=O)(=O)N(C)C[C@@H]2COc3ccccc3O2)ccc1NC(C)=O. The largest absolute Gasteiger partial charge is 0.495 e. The third kappa shape index (κ3) is 4.20. The number of benzene rings is 2. The Morgan fingerprint density at radius 3 is 2.64 bits per heavy atom. The van der Waals surface area contributed by atoms with Crippen molar-refractivity contribution in [2.45, 2.75) is 17.9 Å². The van der Waals surface area contributed by atoms with Crippen LogP contribution in [0.25, 0.3) is 0 Å². The number of anilines is 1. The fraction of sp³-hybridized carbons (Fsp3) is 0.316. The summed E-state index contributed by atoms with van der Waals surface area (Å²) in [5.41, 5.74) is 0.400. The van der Waals surface area contributed by atoms with E-state index in [1.54, 1.807) is 12.1 Å². The van der Waals surface area contributed by atoms with E-state index in [-0.39, 0.29) is 29.7 Å². The lowest BCUT2D eigenvalue weighted by molar-refractivity contribution is -0.114. The van der Waals surface area contributed by atoms with Crippen LogP contribution in [-0.4, -0.2) is 52.0 Å². The summed E-state index contributed by atoms with van der Waals surface area (Å²) in [6, 6.07) is 11.6. The number of amides is 1. The highest BCUT2D eigenvalue weighted by molar-refractivity contribution is 7.89. The second-order valence-electron chi connectivity index (χ2n) is 6.33. The maximum absolute atomic E-state index is 12.9. The number of nitrogens with one attached hydrogen (secondary N) is 1. The molecule has 1 heterocycles. The molecule has 0 saturated heterocycles. The molecule has 0 spiro atoms. The molecule has 0 unspecified atom stereocenters. The third-order valence-corrected chi connectivity index (χ3v) is 6.04. The van der Waals surface area contributed by atoms with Crippen molar-refractivity contribution in [2.24, 2.45) is 0 Å². The van der Waals surface area contributed by atoms with Gasteiger partial charge in [0.25, 0.3) is 0 Å². The molecule has 2 aromatic carbocycles. The lowest BCUT2D eigenvalue weighted by Crippen LogP contribution is -2.41. The first kappa shape index (κ1) is 20.0. The van der Waals surface area contributed by atoms with Gasteiger partial charge in [-0.1, -0.05) is 12.1 Å². The Kier molecular flexibility index (Phi) is 5.76. The third-order valence-electron chi connectivity index (χ3n) is 4.22. The van der Waals surface area contributed by atoms with Crippen molar-refractivity contribution in [3.8, 4) is 17.2 Å². The second kappa shape index (κ2) is 8.07. The van der Waals surface area contributed by atoms with Gasteiger partial charge in [-0.05, 0) is 24.3 Å². The summed E-state index contributed by atoms with van der Waals surface area (Å²) in [6.07, 6.45) is -0.435. The summed E-state index contributed by atoms with van der Waals surface area (Å²) in [5.74, 6) is 1.21. The number of rotatable bonds is 6. The molecule has 0 radical (unpaired) electrons. The number of hydrogen-bond donors (Lipinski definition) is 1. The maximum atomic E-state index is 12.9. The van der Waals surface area contributed by atoms with Gasteiger partial charge in [0.1, 0.15) is 18.5 Å². The number of nitrogens with zero attached hydrogens (tertiary/aromatic N) is 1. The van der Waals surface area contributed by atoms with Gasteiger partial charge in [-0.15, -0.1) is 0 Å². The second-order valence-corrected chi connectivity index (χ2v) is 8.37.